The van der Waals surface area contributed by atoms with Crippen LogP contribution >= 0.6 is 0 Å². The fraction of sp³-hybridized carbons (Fsp3) is 1.00. The summed E-state index contributed by atoms with van der Waals surface area (Å²) >= 11 is 0. The Morgan fingerprint density at radius 2 is 2.06 bits per heavy atom. The highest BCUT2D eigenvalue weighted by Gasteiger charge is 2.30. The maximum absolute atomic E-state index is 5.72. The van der Waals surface area contributed by atoms with E-state index in [1.54, 1.807) is 0 Å². The Morgan fingerprint density at radius 3 is 2.81 bits per heavy atom. The fourth-order valence-electron chi connectivity index (χ4n) is 3.40. The number of fused-ring (bicyclic) bond motifs is 1. The van der Waals surface area contributed by atoms with E-state index in [0.717, 1.165) is 18.6 Å². The Labute approximate surface area is 100.0 Å². The second kappa shape index (κ2) is 5.99. The summed E-state index contributed by atoms with van der Waals surface area (Å²) in [7, 11) is 0. The van der Waals surface area contributed by atoms with Gasteiger partial charge in [-0.1, -0.05) is 6.92 Å². The third-order valence-electron chi connectivity index (χ3n) is 4.32. The zero-order chi connectivity index (χ0) is 11.4. The van der Waals surface area contributed by atoms with Crippen LogP contribution in [0, 0.1) is 0 Å². The minimum Gasteiger partial charge on any atom is -0.330 e. The van der Waals surface area contributed by atoms with Gasteiger partial charge < -0.3 is 5.73 Å². The summed E-state index contributed by atoms with van der Waals surface area (Å²) in [4.78, 5) is 5.41. The number of rotatable bonds is 4. The van der Waals surface area contributed by atoms with Crippen molar-refractivity contribution in [1.82, 2.24) is 9.80 Å². The molecule has 16 heavy (non-hydrogen) atoms. The smallest absolute Gasteiger partial charge is 0.0223 e. The Morgan fingerprint density at radius 1 is 1.25 bits per heavy atom. The molecule has 2 aliphatic heterocycles. The summed E-state index contributed by atoms with van der Waals surface area (Å²) in [6, 6.07) is 1.57. The van der Waals surface area contributed by atoms with E-state index in [1.807, 2.05) is 0 Å². The van der Waals surface area contributed by atoms with Crippen LogP contribution in [0.5, 0.6) is 0 Å². The number of nitrogens with two attached hydrogens (primary N) is 1. The Balaban J connectivity index is 1.93. The average molecular weight is 225 g/mol. The predicted octanol–water partition coefficient (Wildman–Crippen LogP) is 1.28. The van der Waals surface area contributed by atoms with Crippen molar-refractivity contribution in [2.24, 2.45) is 5.73 Å². The lowest BCUT2D eigenvalue weighted by molar-refractivity contribution is 0.163. The van der Waals surface area contributed by atoms with Crippen LogP contribution < -0.4 is 5.73 Å². The van der Waals surface area contributed by atoms with Crippen molar-refractivity contribution in [3.8, 4) is 0 Å². The van der Waals surface area contributed by atoms with E-state index in [-0.39, 0.29) is 0 Å². The fourth-order valence-corrected chi connectivity index (χ4v) is 3.40. The van der Waals surface area contributed by atoms with Gasteiger partial charge in [-0.2, -0.15) is 0 Å². The molecule has 0 radical (unpaired) electrons. The molecular weight excluding hydrogens is 198 g/mol. The second-order valence-corrected chi connectivity index (χ2v) is 5.32. The number of hydrogen-bond acceptors (Lipinski definition) is 3. The van der Waals surface area contributed by atoms with Crippen LogP contribution in [0.4, 0.5) is 0 Å². The molecule has 0 aromatic heterocycles. The summed E-state index contributed by atoms with van der Waals surface area (Å²) in [5.41, 5.74) is 5.72. The quantitative estimate of drug-likeness (QED) is 0.782. The van der Waals surface area contributed by atoms with Crippen molar-refractivity contribution in [2.45, 2.75) is 51.1 Å². The van der Waals surface area contributed by atoms with Gasteiger partial charge in [-0.05, 0) is 58.3 Å². The molecule has 0 amide bonds. The highest BCUT2D eigenvalue weighted by molar-refractivity contribution is 4.87. The molecule has 3 nitrogen and oxygen atoms in total. The van der Waals surface area contributed by atoms with Crippen LogP contribution in [0.2, 0.25) is 0 Å². The lowest BCUT2D eigenvalue weighted by Crippen LogP contribution is -2.42. The van der Waals surface area contributed by atoms with Crippen LogP contribution in [0.1, 0.15) is 39.0 Å². The largest absolute Gasteiger partial charge is 0.330 e. The highest BCUT2D eigenvalue weighted by atomic mass is 15.3. The average Bonchev–Trinajstić information content (AvgIpc) is 2.64. The first kappa shape index (κ1) is 12.3. The van der Waals surface area contributed by atoms with Gasteiger partial charge in [0.15, 0.2) is 0 Å². The minimum atomic E-state index is 0.727. The third kappa shape index (κ3) is 2.76. The van der Waals surface area contributed by atoms with Gasteiger partial charge in [0.1, 0.15) is 0 Å². The van der Waals surface area contributed by atoms with Crippen molar-refractivity contribution in [2.75, 3.05) is 32.7 Å². The molecule has 2 atom stereocenters. The molecule has 0 bridgehead atoms. The van der Waals surface area contributed by atoms with Crippen molar-refractivity contribution in [3.63, 3.8) is 0 Å². The monoisotopic (exact) mass is 225 g/mol. The van der Waals surface area contributed by atoms with E-state index in [1.165, 1.54) is 58.3 Å². The van der Waals surface area contributed by atoms with E-state index in [9.17, 15) is 0 Å². The maximum Gasteiger partial charge on any atom is 0.0223 e. The Hall–Kier alpha value is -0.120. The van der Waals surface area contributed by atoms with Crippen LogP contribution in [-0.4, -0.2) is 54.6 Å². The van der Waals surface area contributed by atoms with Crippen LogP contribution in [0.3, 0.4) is 0 Å². The SMILES string of the molecule is CCC(CCN)N1CCCN2CCCC2C1. The van der Waals surface area contributed by atoms with Gasteiger partial charge in [-0.25, -0.2) is 0 Å². The van der Waals surface area contributed by atoms with Crippen LogP contribution in [0.15, 0.2) is 0 Å². The lowest BCUT2D eigenvalue weighted by Gasteiger charge is -2.32. The number of hydrogen-bond donors (Lipinski definition) is 1. The molecule has 2 heterocycles. The molecule has 0 spiro atoms. The van der Waals surface area contributed by atoms with E-state index >= 15 is 0 Å². The van der Waals surface area contributed by atoms with E-state index < -0.39 is 0 Å². The van der Waals surface area contributed by atoms with Gasteiger partial charge >= 0.3 is 0 Å². The van der Waals surface area contributed by atoms with Crippen molar-refractivity contribution < 1.29 is 0 Å². The first-order valence-corrected chi connectivity index (χ1v) is 7.03. The van der Waals surface area contributed by atoms with Gasteiger partial charge in [-0.3, -0.25) is 9.80 Å². The molecule has 3 heteroatoms. The highest BCUT2D eigenvalue weighted by Crippen LogP contribution is 2.23. The van der Waals surface area contributed by atoms with Crippen LogP contribution in [-0.2, 0) is 0 Å². The Bertz CT molecular complexity index is 207. The van der Waals surface area contributed by atoms with Gasteiger partial charge in [0, 0.05) is 18.6 Å². The zero-order valence-electron chi connectivity index (χ0n) is 10.7. The molecule has 0 aliphatic carbocycles. The van der Waals surface area contributed by atoms with Crippen molar-refractivity contribution in [3.05, 3.63) is 0 Å². The summed E-state index contributed by atoms with van der Waals surface area (Å²) in [5.74, 6) is 0. The van der Waals surface area contributed by atoms with E-state index in [2.05, 4.69) is 16.7 Å². The van der Waals surface area contributed by atoms with Crippen LogP contribution in [0.25, 0.3) is 0 Å². The standard InChI is InChI=1S/C13H27N3/c1-2-12(6-7-14)16-10-4-9-15-8-3-5-13(15)11-16/h12-13H,2-11,14H2,1H3. The number of nitrogens with zero attached hydrogens (tertiary/aromatic N) is 2. The molecule has 2 unspecified atom stereocenters. The molecular formula is C13H27N3. The van der Waals surface area contributed by atoms with Gasteiger partial charge in [0.25, 0.3) is 0 Å². The predicted molar refractivity (Wildman–Crippen MR) is 68.5 cm³/mol. The van der Waals surface area contributed by atoms with Crippen molar-refractivity contribution in [1.29, 1.82) is 0 Å². The van der Waals surface area contributed by atoms with Gasteiger partial charge in [0.05, 0.1) is 0 Å². The van der Waals surface area contributed by atoms with Gasteiger partial charge in [-0.15, -0.1) is 0 Å². The molecule has 0 saturated carbocycles. The summed E-state index contributed by atoms with van der Waals surface area (Å²) in [6.07, 6.45) is 6.59. The lowest BCUT2D eigenvalue weighted by atomic mass is 10.1. The summed E-state index contributed by atoms with van der Waals surface area (Å²) < 4.78 is 0. The summed E-state index contributed by atoms with van der Waals surface area (Å²) in [6.45, 7) is 8.37. The Kier molecular flexibility index (Phi) is 4.62. The van der Waals surface area contributed by atoms with E-state index in [0.29, 0.717) is 0 Å². The minimum absolute atomic E-state index is 0.727. The van der Waals surface area contributed by atoms with E-state index in [4.69, 9.17) is 5.73 Å². The zero-order valence-corrected chi connectivity index (χ0v) is 10.7. The third-order valence-corrected chi connectivity index (χ3v) is 4.32. The molecule has 0 aromatic rings. The van der Waals surface area contributed by atoms with Crippen molar-refractivity contribution >= 4 is 0 Å². The molecule has 2 rings (SSSR count). The molecule has 2 N–H and O–H groups in total. The normalized spacial score (nSPS) is 30.0. The topological polar surface area (TPSA) is 32.5 Å². The maximum atomic E-state index is 5.72. The molecule has 0 aromatic carbocycles. The first-order chi connectivity index (χ1) is 7.85. The first-order valence-electron chi connectivity index (χ1n) is 7.03. The van der Waals surface area contributed by atoms with Gasteiger partial charge in [0.2, 0.25) is 0 Å². The molecule has 94 valence electrons. The molecule has 2 saturated heterocycles. The molecule has 2 aliphatic rings. The summed E-state index contributed by atoms with van der Waals surface area (Å²) in [5, 5.41) is 0. The molecule has 2 fully saturated rings. The second-order valence-electron chi connectivity index (χ2n) is 5.32.